The third-order valence-electron chi connectivity index (χ3n) is 4.05. The lowest BCUT2D eigenvalue weighted by Crippen LogP contribution is -2.55. The molecule has 3 N–H and O–H groups in total. The van der Waals surface area contributed by atoms with Crippen molar-refractivity contribution < 1.29 is 4.79 Å². The molecule has 1 saturated carbocycles. The molecular weight excluding hydrogens is 200 g/mol. The minimum absolute atomic E-state index is 0.168. The van der Waals surface area contributed by atoms with Crippen LogP contribution in [0.3, 0.4) is 0 Å². The number of primary amides is 1. The number of carbonyl (C=O) groups excluding carboxylic acids is 1. The van der Waals surface area contributed by atoms with Crippen LogP contribution in [0.1, 0.15) is 52.9 Å². The molecule has 0 heterocycles. The van der Waals surface area contributed by atoms with E-state index < -0.39 is 5.54 Å². The average molecular weight is 226 g/mol. The number of rotatable bonds is 4. The first-order valence-corrected chi connectivity index (χ1v) is 6.57. The van der Waals surface area contributed by atoms with Crippen LogP contribution in [0, 0.1) is 11.8 Å². The van der Waals surface area contributed by atoms with Gasteiger partial charge < -0.3 is 11.1 Å². The Morgan fingerprint density at radius 2 is 2.12 bits per heavy atom. The number of hydrogen-bond donors (Lipinski definition) is 2. The van der Waals surface area contributed by atoms with Crippen molar-refractivity contribution in [2.75, 3.05) is 6.54 Å². The van der Waals surface area contributed by atoms with Crippen LogP contribution < -0.4 is 11.1 Å². The summed E-state index contributed by atoms with van der Waals surface area (Å²) in [5.41, 5.74) is 5.15. The SMILES string of the molecule is CCNC1(C(N)=O)CCCC(C(C)C)CC1. The van der Waals surface area contributed by atoms with Crippen molar-refractivity contribution in [2.24, 2.45) is 17.6 Å². The van der Waals surface area contributed by atoms with Crippen molar-refractivity contribution in [2.45, 2.75) is 58.4 Å². The van der Waals surface area contributed by atoms with Crippen molar-refractivity contribution in [1.82, 2.24) is 5.32 Å². The van der Waals surface area contributed by atoms with E-state index in [0.29, 0.717) is 5.92 Å². The second kappa shape index (κ2) is 5.67. The van der Waals surface area contributed by atoms with Crippen LogP contribution in [0.15, 0.2) is 0 Å². The summed E-state index contributed by atoms with van der Waals surface area (Å²) < 4.78 is 0. The Hall–Kier alpha value is -0.570. The molecule has 1 aliphatic carbocycles. The van der Waals surface area contributed by atoms with Gasteiger partial charge in [0.15, 0.2) is 0 Å². The number of hydrogen-bond acceptors (Lipinski definition) is 2. The molecule has 3 nitrogen and oxygen atoms in total. The van der Waals surface area contributed by atoms with Crippen LogP contribution >= 0.6 is 0 Å². The molecule has 0 saturated heterocycles. The lowest BCUT2D eigenvalue weighted by atomic mass is 9.86. The molecule has 1 fully saturated rings. The highest BCUT2D eigenvalue weighted by Gasteiger charge is 2.37. The van der Waals surface area contributed by atoms with Crippen molar-refractivity contribution in [1.29, 1.82) is 0 Å². The molecule has 0 bridgehead atoms. The van der Waals surface area contributed by atoms with Gasteiger partial charge in [-0.05, 0) is 37.6 Å². The minimum atomic E-state index is -0.432. The Morgan fingerprint density at radius 1 is 1.44 bits per heavy atom. The molecule has 0 spiro atoms. The minimum Gasteiger partial charge on any atom is -0.368 e. The van der Waals surface area contributed by atoms with E-state index in [-0.39, 0.29) is 5.91 Å². The van der Waals surface area contributed by atoms with Gasteiger partial charge in [0.25, 0.3) is 0 Å². The summed E-state index contributed by atoms with van der Waals surface area (Å²) in [6, 6.07) is 0. The highest BCUT2D eigenvalue weighted by Crippen LogP contribution is 2.33. The van der Waals surface area contributed by atoms with Crippen molar-refractivity contribution in [3.8, 4) is 0 Å². The van der Waals surface area contributed by atoms with Gasteiger partial charge in [-0.15, -0.1) is 0 Å². The lowest BCUT2D eigenvalue weighted by Gasteiger charge is -2.30. The fourth-order valence-electron chi connectivity index (χ4n) is 2.88. The van der Waals surface area contributed by atoms with E-state index in [9.17, 15) is 4.79 Å². The molecule has 0 aromatic rings. The number of carbonyl (C=O) groups is 1. The molecule has 1 rings (SSSR count). The van der Waals surface area contributed by atoms with Gasteiger partial charge in [-0.3, -0.25) is 4.79 Å². The van der Waals surface area contributed by atoms with E-state index in [2.05, 4.69) is 19.2 Å². The fourth-order valence-corrected chi connectivity index (χ4v) is 2.88. The first-order chi connectivity index (χ1) is 7.52. The first kappa shape index (κ1) is 13.5. The predicted octanol–water partition coefficient (Wildman–Crippen LogP) is 2.06. The molecule has 0 aromatic heterocycles. The highest BCUT2D eigenvalue weighted by molar-refractivity contribution is 5.84. The lowest BCUT2D eigenvalue weighted by molar-refractivity contribution is -0.125. The summed E-state index contributed by atoms with van der Waals surface area (Å²) >= 11 is 0. The maximum absolute atomic E-state index is 11.7. The molecule has 3 heteroatoms. The van der Waals surface area contributed by atoms with E-state index in [0.717, 1.165) is 38.1 Å². The molecule has 16 heavy (non-hydrogen) atoms. The van der Waals surface area contributed by atoms with Gasteiger partial charge in [-0.2, -0.15) is 0 Å². The van der Waals surface area contributed by atoms with E-state index in [1.165, 1.54) is 6.42 Å². The Morgan fingerprint density at radius 3 is 2.62 bits per heavy atom. The molecule has 0 aliphatic heterocycles. The normalized spacial score (nSPS) is 31.4. The first-order valence-electron chi connectivity index (χ1n) is 6.57. The second-order valence-corrected chi connectivity index (χ2v) is 5.41. The Bertz CT molecular complexity index is 240. The zero-order valence-corrected chi connectivity index (χ0v) is 10.9. The monoisotopic (exact) mass is 226 g/mol. The maximum Gasteiger partial charge on any atom is 0.237 e. The predicted molar refractivity (Wildman–Crippen MR) is 67.0 cm³/mol. The van der Waals surface area contributed by atoms with Gasteiger partial charge >= 0.3 is 0 Å². The summed E-state index contributed by atoms with van der Waals surface area (Å²) in [6.45, 7) is 7.40. The zero-order chi connectivity index (χ0) is 12.2. The van der Waals surface area contributed by atoms with Gasteiger partial charge in [-0.25, -0.2) is 0 Å². The van der Waals surface area contributed by atoms with E-state index >= 15 is 0 Å². The number of nitrogens with two attached hydrogens (primary N) is 1. The summed E-state index contributed by atoms with van der Waals surface area (Å²) in [4.78, 5) is 11.7. The quantitative estimate of drug-likeness (QED) is 0.721. The molecule has 2 atom stereocenters. The summed E-state index contributed by atoms with van der Waals surface area (Å²) in [5, 5.41) is 3.32. The summed E-state index contributed by atoms with van der Waals surface area (Å²) in [5.74, 6) is 1.30. The standard InChI is InChI=1S/C13H26N2O/c1-4-15-13(12(14)16)8-5-6-11(7-9-13)10(2)3/h10-11,15H,4-9H2,1-3H3,(H2,14,16). The third kappa shape index (κ3) is 2.97. The van der Waals surface area contributed by atoms with E-state index in [4.69, 9.17) is 5.73 Å². The van der Waals surface area contributed by atoms with Crippen LogP contribution in [-0.2, 0) is 4.79 Å². The highest BCUT2D eigenvalue weighted by atomic mass is 16.1. The third-order valence-corrected chi connectivity index (χ3v) is 4.05. The molecule has 0 radical (unpaired) electrons. The molecule has 2 unspecified atom stereocenters. The molecule has 1 aliphatic rings. The largest absolute Gasteiger partial charge is 0.368 e. The molecule has 94 valence electrons. The number of likely N-dealkylation sites (N-methyl/N-ethyl adjacent to an activating group) is 1. The van der Waals surface area contributed by atoms with Crippen LogP contribution in [0.25, 0.3) is 0 Å². The summed E-state index contributed by atoms with van der Waals surface area (Å²) in [7, 11) is 0. The van der Waals surface area contributed by atoms with Crippen molar-refractivity contribution in [3.63, 3.8) is 0 Å². The van der Waals surface area contributed by atoms with Gasteiger partial charge in [-0.1, -0.05) is 33.6 Å². The van der Waals surface area contributed by atoms with Crippen LogP contribution in [0.2, 0.25) is 0 Å². The Kier molecular flexibility index (Phi) is 4.78. The molecule has 1 amide bonds. The van der Waals surface area contributed by atoms with Crippen LogP contribution in [-0.4, -0.2) is 18.0 Å². The molecule has 0 aromatic carbocycles. The summed E-state index contributed by atoms with van der Waals surface area (Å²) in [6.07, 6.45) is 5.27. The van der Waals surface area contributed by atoms with Crippen LogP contribution in [0.4, 0.5) is 0 Å². The van der Waals surface area contributed by atoms with Gasteiger partial charge in [0.1, 0.15) is 0 Å². The van der Waals surface area contributed by atoms with Crippen molar-refractivity contribution >= 4 is 5.91 Å². The van der Waals surface area contributed by atoms with Gasteiger partial charge in [0.2, 0.25) is 5.91 Å². The van der Waals surface area contributed by atoms with Gasteiger partial charge in [0.05, 0.1) is 5.54 Å². The van der Waals surface area contributed by atoms with Crippen LogP contribution in [0.5, 0.6) is 0 Å². The Balaban J connectivity index is 2.71. The maximum atomic E-state index is 11.7. The number of nitrogens with one attached hydrogen (secondary N) is 1. The smallest absolute Gasteiger partial charge is 0.237 e. The van der Waals surface area contributed by atoms with Crippen molar-refractivity contribution in [3.05, 3.63) is 0 Å². The second-order valence-electron chi connectivity index (χ2n) is 5.41. The average Bonchev–Trinajstić information content (AvgIpc) is 2.42. The number of amides is 1. The Labute approximate surface area is 99.2 Å². The zero-order valence-electron chi connectivity index (χ0n) is 10.9. The fraction of sp³-hybridized carbons (Fsp3) is 0.923. The topological polar surface area (TPSA) is 55.1 Å². The van der Waals surface area contributed by atoms with E-state index in [1.54, 1.807) is 0 Å². The van der Waals surface area contributed by atoms with Gasteiger partial charge in [0, 0.05) is 0 Å². The van der Waals surface area contributed by atoms with E-state index in [1.807, 2.05) is 6.92 Å². The molecular formula is C13H26N2O.